The van der Waals surface area contributed by atoms with Gasteiger partial charge in [-0.1, -0.05) is 0 Å². The molecule has 18 heavy (non-hydrogen) atoms. The van der Waals surface area contributed by atoms with Gasteiger partial charge >= 0.3 is 5.69 Å². The number of hydrogen-bond acceptors (Lipinski definition) is 4. The van der Waals surface area contributed by atoms with E-state index in [4.69, 9.17) is 0 Å². The van der Waals surface area contributed by atoms with Crippen LogP contribution in [0.4, 0.5) is 0 Å². The fourth-order valence-corrected chi connectivity index (χ4v) is 2.84. The molecule has 0 atom stereocenters. The Labute approximate surface area is 116 Å². The van der Waals surface area contributed by atoms with Gasteiger partial charge in [0.15, 0.2) is 5.16 Å². The average Bonchev–Trinajstić information content (AvgIpc) is 3.10. The van der Waals surface area contributed by atoms with Crippen molar-refractivity contribution in [1.82, 2.24) is 19.7 Å². The summed E-state index contributed by atoms with van der Waals surface area (Å²) in [5.74, 6) is 0. The maximum atomic E-state index is 11.6. The fourth-order valence-electron chi connectivity index (χ4n) is 1.69. The molecule has 2 aromatic heterocycles. The highest BCUT2D eigenvalue weighted by Gasteiger charge is 2.28. The molecule has 0 bridgehead atoms. The van der Waals surface area contributed by atoms with Gasteiger partial charge in [-0.25, -0.2) is 14.9 Å². The number of aromatic amines is 1. The van der Waals surface area contributed by atoms with E-state index in [0.717, 1.165) is 28.0 Å². The van der Waals surface area contributed by atoms with Crippen LogP contribution < -0.4 is 5.69 Å². The van der Waals surface area contributed by atoms with Crippen LogP contribution in [-0.4, -0.2) is 19.7 Å². The normalized spacial score (nSPS) is 15.0. The minimum atomic E-state index is -0.131. The van der Waals surface area contributed by atoms with Gasteiger partial charge in [0.1, 0.15) is 5.03 Å². The SMILES string of the molecule is Cc1nc(Sc2n[nH]c(=O)n2C2CC2)ccc1Br. The number of nitrogens with zero attached hydrogens (tertiary/aromatic N) is 3. The summed E-state index contributed by atoms with van der Waals surface area (Å²) in [5, 5.41) is 8.10. The van der Waals surface area contributed by atoms with E-state index in [1.165, 1.54) is 11.8 Å². The van der Waals surface area contributed by atoms with Crippen molar-refractivity contribution in [2.75, 3.05) is 0 Å². The monoisotopic (exact) mass is 326 g/mol. The highest BCUT2D eigenvalue weighted by atomic mass is 79.9. The zero-order valence-corrected chi connectivity index (χ0v) is 12.1. The summed E-state index contributed by atoms with van der Waals surface area (Å²) in [6, 6.07) is 4.19. The number of H-pyrrole nitrogens is 1. The molecule has 7 heteroatoms. The van der Waals surface area contributed by atoms with Gasteiger partial charge < -0.3 is 0 Å². The Hall–Kier alpha value is -1.08. The Morgan fingerprint density at radius 2 is 2.28 bits per heavy atom. The van der Waals surface area contributed by atoms with Gasteiger partial charge in [-0.3, -0.25) is 4.57 Å². The molecule has 0 amide bonds. The highest BCUT2D eigenvalue weighted by molar-refractivity contribution is 9.10. The molecule has 0 aromatic carbocycles. The number of nitrogens with one attached hydrogen (secondary N) is 1. The van der Waals surface area contributed by atoms with Crippen molar-refractivity contribution in [1.29, 1.82) is 0 Å². The summed E-state index contributed by atoms with van der Waals surface area (Å²) in [6.45, 7) is 1.94. The molecular weight excluding hydrogens is 316 g/mol. The Bertz CT molecular complexity index is 647. The van der Waals surface area contributed by atoms with Gasteiger partial charge in [-0.15, -0.1) is 5.10 Å². The highest BCUT2D eigenvalue weighted by Crippen LogP contribution is 2.37. The van der Waals surface area contributed by atoms with Crippen molar-refractivity contribution >= 4 is 27.7 Å². The molecule has 3 rings (SSSR count). The zero-order chi connectivity index (χ0) is 12.7. The predicted octanol–water partition coefficient (Wildman–Crippen LogP) is 2.52. The summed E-state index contributed by atoms with van der Waals surface area (Å²) in [6.07, 6.45) is 2.11. The van der Waals surface area contributed by atoms with E-state index in [-0.39, 0.29) is 5.69 Å². The van der Waals surface area contributed by atoms with Crippen LogP contribution in [0.2, 0.25) is 0 Å². The van der Waals surface area contributed by atoms with Crippen LogP contribution in [0.5, 0.6) is 0 Å². The van der Waals surface area contributed by atoms with Crippen molar-refractivity contribution in [2.24, 2.45) is 0 Å². The van der Waals surface area contributed by atoms with E-state index < -0.39 is 0 Å². The average molecular weight is 327 g/mol. The lowest BCUT2D eigenvalue weighted by Crippen LogP contribution is -2.16. The minimum absolute atomic E-state index is 0.131. The molecule has 1 fully saturated rings. The molecule has 1 aliphatic carbocycles. The minimum Gasteiger partial charge on any atom is -0.267 e. The first kappa shape index (κ1) is 12.0. The van der Waals surface area contributed by atoms with E-state index in [9.17, 15) is 4.79 Å². The molecule has 1 N–H and O–H groups in total. The van der Waals surface area contributed by atoms with Crippen molar-refractivity contribution in [2.45, 2.75) is 36.0 Å². The Kier molecular flexibility index (Phi) is 3.03. The fraction of sp³-hybridized carbons (Fsp3) is 0.364. The molecular formula is C11H11BrN4OS. The summed E-state index contributed by atoms with van der Waals surface area (Å²) in [7, 11) is 0. The van der Waals surface area contributed by atoms with E-state index in [1.54, 1.807) is 4.57 Å². The summed E-state index contributed by atoms with van der Waals surface area (Å²) >= 11 is 4.83. The van der Waals surface area contributed by atoms with Crippen molar-refractivity contribution in [3.63, 3.8) is 0 Å². The molecule has 0 saturated heterocycles. The first-order valence-corrected chi connectivity index (χ1v) is 7.24. The molecule has 5 nitrogen and oxygen atoms in total. The lowest BCUT2D eigenvalue weighted by Gasteiger charge is -2.04. The second kappa shape index (κ2) is 4.55. The number of halogens is 1. The van der Waals surface area contributed by atoms with Gasteiger partial charge in [-0.05, 0) is 59.6 Å². The van der Waals surface area contributed by atoms with Gasteiger partial charge in [0.05, 0.1) is 5.69 Å². The third-order valence-corrected chi connectivity index (χ3v) is 4.52. The molecule has 2 heterocycles. The Balaban J connectivity index is 1.92. The molecule has 0 spiro atoms. The van der Waals surface area contributed by atoms with Crippen LogP contribution in [0.25, 0.3) is 0 Å². The number of hydrogen-bond donors (Lipinski definition) is 1. The zero-order valence-electron chi connectivity index (χ0n) is 9.68. The third kappa shape index (κ3) is 2.24. The van der Waals surface area contributed by atoms with Crippen LogP contribution in [0.1, 0.15) is 24.6 Å². The molecule has 94 valence electrons. The van der Waals surface area contributed by atoms with E-state index >= 15 is 0 Å². The van der Waals surface area contributed by atoms with Crippen LogP contribution in [0, 0.1) is 6.92 Å². The van der Waals surface area contributed by atoms with E-state index in [0.29, 0.717) is 11.2 Å². The van der Waals surface area contributed by atoms with Crippen LogP contribution in [0.15, 0.2) is 31.6 Å². The van der Waals surface area contributed by atoms with E-state index in [2.05, 4.69) is 31.1 Å². The molecule has 0 unspecified atom stereocenters. The lowest BCUT2D eigenvalue weighted by molar-refractivity contribution is 0.642. The van der Waals surface area contributed by atoms with Gasteiger partial charge in [0, 0.05) is 10.5 Å². The summed E-state index contributed by atoms with van der Waals surface area (Å²) in [5.41, 5.74) is 0.796. The van der Waals surface area contributed by atoms with Crippen LogP contribution in [-0.2, 0) is 0 Å². The van der Waals surface area contributed by atoms with Crippen molar-refractivity contribution in [3.05, 3.63) is 32.8 Å². The maximum absolute atomic E-state index is 11.6. The largest absolute Gasteiger partial charge is 0.344 e. The summed E-state index contributed by atoms with van der Waals surface area (Å²) in [4.78, 5) is 16.1. The topological polar surface area (TPSA) is 63.6 Å². The second-order valence-corrected chi connectivity index (χ2v) is 6.07. The van der Waals surface area contributed by atoms with Crippen LogP contribution >= 0.6 is 27.7 Å². The first-order valence-electron chi connectivity index (χ1n) is 5.63. The smallest absolute Gasteiger partial charge is 0.267 e. The lowest BCUT2D eigenvalue weighted by atomic mass is 10.4. The second-order valence-electron chi connectivity index (χ2n) is 4.23. The molecule has 1 aliphatic rings. The standard InChI is InChI=1S/C11H11BrN4OS/c1-6-8(12)4-5-9(13-6)18-11-15-14-10(17)16(11)7-2-3-7/h4-5,7H,2-3H2,1H3,(H,14,17). The quantitative estimate of drug-likeness (QED) is 0.941. The Morgan fingerprint density at radius 1 is 1.50 bits per heavy atom. The molecule has 0 aliphatic heterocycles. The van der Waals surface area contributed by atoms with Gasteiger partial charge in [-0.2, -0.15) is 0 Å². The van der Waals surface area contributed by atoms with Crippen LogP contribution in [0.3, 0.4) is 0 Å². The molecule has 2 aromatic rings. The van der Waals surface area contributed by atoms with Crippen molar-refractivity contribution in [3.8, 4) is 0 Å². The first-order chi connectivity index (χ1) is 8.65. The summed E-state index contributed by atoms with van der Waals surface area (Å²) < 4.78 is 2.71. The molecule has 0 radical (unpaired) electrons. The van der Waals surface area contributed by atoms with E-state index in [1.807, 2.05) is 19.1 Å². The number of pyridine rings is 1. The van der Waals surface area contributed by atoms with Gasteiger partial charge in [0.25, 0.3) is 0 Å². The Morgan fingerprint density at radius 3 is 2.94 bits per heavy atom. The maximum Gasteiger partial charge on any atom is 0.344 e. The number of rotatable bonds is 3. The third-order valence-electron chi connectivity index (χ3n) is 2.78. The number of aromatic nitrogens is 4. The number of aryl methyl sites for hydroxylation is 1. The van der Waals surface area contributed by atoms with Gasteiger partial charge in [0.2, 0.25) is 0 Å². The van der Waals surface area contributed by atoms with Crippen molar-refractivity contribution < 1.29 is 0 Å². The molecule has 1 saturated carbocycles. The predicted molar refractivity (Wildman–Crippen MR) is 71.9 cm³/mol.